The molecule has 3 rings (SSSR count). The lowest BCUT2D eigenvalue weighted by Crippen LogP contribution is -2.60. The number of thiol groups is 2. The van der Waals surface area contributed by atoms with Gasteiger partial charge < -0.3 is 144 Å². The predicted molar refractivity (Wildman–Crippen MR) is 446 cm³/mol. The molecule has 1 fully saturated rings. The zero-order valence-electron chi connectivity index (χ0n) is 68.1. The highest BCUT2D eigenvalue weighted by molar-refractivity contribution is 8.00. The van der Waals surface area contributed by atoms with Crippen LogP contribution in [0.3, 0.4) is 0 Å². The molecule has 20 N–H and O–H groups in total. The molecule has 1 saturated heterocycles. The minimum atomic E-state index is -1.88. The molecule has 1 heterocycles. The Morgan fingerprint density at radius 2 is 0.919 bits per heavy atom. The number of unbranched alkanes of at least 4 members (excludes halogenated alkanes) is 1. The molecule has 1 aliphatic rings. The van der Waals surface area contributed by atoms with Crippen LogP contribution in [-0.4, -0.2) is 349 Å². The number of carbonyl (C=O) groups excluding carboxylic acids is 14. The number of aliphatic imine (C=N–C) groups is 1. The molecule has 2 aromatic rings. The lowest BCUT2D eigenvalue weighted by Gasteiger charge is -2.26. The third-order valence-corrected chi connectivity index (χ3v) is 18.0. The number of hydrogen-bond donors (Lipinski definition) is 19. The van der Waals surface area contributed by atoms with E-state index in [1.165, 1.54) is 30.5 Å². The number of carboxylic acids is 1. The molecule has 1 aliphatic heterocycles. The lowest BCUT2D eigenvalue weighted by molar-refractivity contribution is -0.141. The van der Waals surface area contributed by atoms with E-state index in [2.05, 4.69) is 109 Å². The van der Waals surface area contributed by atoms with Crippen LogP contribution < -0.4 is 86.3 Å². The van der Waals surface area contributed by atoms with Gasteiger partial charge in [0.25, 0.3) is 11.8 Å². The van der Waals surface area contributed by atoms with Gasteiger partial charge in [-0.05, 0) is 55.4 Å². The predicted octanol–water partition coefficient (Wildman–Crippen LogP) is -6.94. The van der Waals surface area contributed by atoms with E-state index in [0.717, 1.165) is 11.8 Å². The first-order valence-corrected chi connectivity index (χ1v) is 41.5. The second-order valence-corrected chi connectivity index (χ2v) is 27.9. The summed E-state index contributed by atoms with van der Waals surface area (Å²) in [7, 11) is 0. The summed E-state index contributed by atoms with van der Waals surface area (Å²) in [6.45, 7) is 0.964. The second-order valence-electron chi connectivity index (χ2n) is 26.1. The van der Waals surface area contributed by atoms with Gasteiger partial charge in [-0.3, -0.25) is 72.1 Å². The normalized spacial score (nSPS) is 18.0. The third-order valence-electron chi connectivity index (χ3n) is 16.3. The number of carboxylic acid groups (broad SMARTS) is 1. The Morgan fingerprint density at radius 1 is 0.480 bits per heavy atom. The molecule has 123 heavy (non-hydrogen) atoms. The molecule has 45 nitrogen and oxygen atoms in total. The monoisotopic (exact) mass is 1800 g/mol. The Kier molecular flexibility index (Phi) is 58.3. The van der Waals surface area contributed by atoms with Crippen LogP contribution in [-0.2, 0) is 126 Å². The molecular weight excluding hydrogens is 1690 g/mol. The van der Waals surface area contributed by atoms with E-state index in [4.69, 9.17) is 64.7 Å². The number of amides is 14. The van der Waals surface area contributed by atoms with Crippen molar-refractivity contribution in [3.8, 4) is 0 Å². The molecule has 0 unspecified atom stereocenters. The van der Waals surface area contributed by atoms with E-state index >= 15 is 0 Å². The average Bonchev–Trinajstić information content (AvgIpc) is 0.980. The van der Waals surface area contributed by atoms with Crippen LogP contribution in [0, 0.1) is 5.82 Å². The molecule has 0 aromatic heterocycles. The van der Waals surface area contributed by atoms with Gasteiger partial charge in [-0.2, -0.15) is 25.3 Å². The van der Waals surface area contributed by atoms with E-state index < -0.39 is 175 Å². The average molecular weight is 1800 g/mol. The quantitative estimate of drug-likeness (QED) is 0.00962. The Labute approximate surface area is 724 Å². The van der Waals surface area contributed by atoms with Crippen molar-refractivity contribution < 1.29 is 134 Å². The first kappa shape index (κ1) is 107. The Morgan fingerprint density at radius 3 is 1.43 bits per heavy atom. The fourth-order valence-corrected chi connectivity index (χ4v) is 11.5. The number of nitrogens with zero attached hydrogens (tertiary/aromatic N) is 2. The highest BCUT2D eigenvalue weighted by atomic mass is 32.2. The number of primary amides is 1. The van der Waals surface area contributed by atoms with Crippen LogP contribution in [0.15, 0.2) is 64.7 Å². The molecule has 7 atom stereocenters. The maximum absolute atomic E-state index is 14.6. The van der Waals surface area contributed by atoms with Gasteiger partial charge in [-0.1, -0.05) is 47.6 Å². The standard InChI is InChI=1S/C74H115FN18O27S3/c75-51-13-11-50(12-14-51)39-86-120-44-63(98)82-19-23-112-27-31-116-34-36-117-35-33-115-30-26-110-21-17-80-61(96)42-118-41-60(95)79-15-5-4-9-53-68(104)91-56(45-121)71(107)89-52(10-6-16-84-73(76)77)66(102)85-40-59(94)88-55(38-65(100)101)70(106)92-57(46-122)72(108)90-54(37-49-7-2-1-3-8-49)69(105)93-58(47-123-48-64(99)87-53)67(103)83-20-24-113-28-32-114-29-25-111-22-18-81-62(97)43-119-74(78)109/h1-3,7-8,11-14,39,52-58,121-122H,4-6,9-10,15-38,40-48H2,(H2,78,109)(H,79,95)(H,80,96)(H,81,97)(H,82,98)(H,83,103)(H,85,102)(H,87,99)(H,88,94)(H,89,107)(H,90,108)(H,91,104)(H,92,106)(H,93,105)(H,100,101)(H4,76,77,84)/b86-39+/t52-,53-,54-,55-,56-,57-,58-/m0/s1/i75-1. The summed E-state index contributed by atoms with van der Waals surface area (Å²) in [4.78, 5) is 207. The first-order chi connectivity index (χ1) is 59.3. The minimum absolute atomic E-state index is 0.0249. The van der Waals surface area contributed by atoms with Gasteiger partial charge in [0.1, 0.15) is 61.3 Å². The molecule has 0 saturated carbocycles. The maximum Gasteiger partial charge on any atom is 0.405 e. The van der Waals surface area contributed by atoms with Crippen molar-refractivity contribution in [2.24, 2.45) is 27.3 Å². The molecule has 49 heteroatoms. The number of carbonyl (C=O) groups is 15. The van der Waals surface area contributed by atoms with Gasteiger partial charge in [-0.15, -0.1) is 11.8 Å². The van der Waals surface area contributed by atoms with E-state index in [1.807, 2.05) is 0 Å². The molecule has 0 aliphatic carbocycles. The van der Waals surface area contributed by atoms with Crippen molar-refractivity contribution in [3.63, 3.8) is 0 Å². The highest BCUT2D eigenvalue weighted by Gasteiger charge is 2.34. The smallest absolute Gasteiger partial charge is 0.405 e. The molecule has 0 spiro atoms. The summed E-state index contributed by atoms with van der Waals surface area (Å²) in [5, 5.41) is 46.3. The number of nitrogens with two attached hydrogens (primary N) is 3. The molecule has 14 amide bonds. The highest BCUT2D eigenvalue weighted by Crippen LogP contribution is 2.12. The number of benzene rings is 2. The van der Waals surface area contributed by atoms with Gasteiger partial charge in [0.2, 0.25) is 65.0 Å². The van der Waals surface area contributed by atoms with Crippen LogP contribution in [0.25, 0.3) is 0 Å². The van der Waals surface area contributed by atoms with Crippen LogP contribution in [0.1, 0.15) is 49.7 Å². The van der Waals surface area contributed by atoms with Gasteiger partial charge in [0, 0.05) is 62.9 Å². The molecule has 688 valence electrons. The summed E-state index contributed by atoms with van der Waals surface area (Å²) in [6.07, 6.45) is -0.870. The van der Waals surface area contributed by atoms with Crippen molar-refractivity contribution in [2.45, 2.75) is 87.2 Å². The van der Waals surface area contributed by atoms with Crippen LogP contribution >= 0.6 is 37.0 Å². The maximum atomic E-state index is 14.6. The van der Waals surface area contributed by atoms with Gasteiger partial charge >= 0.3 is 12.1 Å². The summed E-state index contributed by atoms with van der Waals surface area (Å²) in [5.41, 5.74) is 17.0. The minimum Gasteiger partial charge on any atom is -0.481 e. The van der Waals surface area contributed by atoms with Crippen molar-refractivity contribution in [1.82, 2.24) is 69.1 Å². The lowest BCUT2D eigenvalue weighted by atomic mass is 10.0. The number of oxime groups is 1. The Balaban J connectivity index is 1.62. The summed E-state index contributed by atoms with van der Waals surface area (Å²) in [5.74, 6) is -14.6. The Hall–Kier alpha value is -10.4. The molecule has 0 bridgehead atoms. The second kappa shape index (κ2) is 67.2. The Bertz CT molecular complexity index is 3610. The van der Waals surface area contributed by atoms with E-state index in [1.54, 1.807) is 30.3 Å². The molecule has 0 radical (unpaired) electrons. The number of guanidine groups is 1. The van der Waals surface area contributed by atoms with Gasteiger partial charge in [0.05, 0.1) is 131 Å². The summed E-state index contributed by atoms with van der Waals surface area (Å²) < 4.78 is 66.5. The van der Waals surface area contributed by atoms with Crippen molar-refractivity contribution in [1.29, 1.82) is 0 Å². The van der Waals surface area contributed by atoms with Crippen molar-refractivity contribution in [3.05, 3.63) is 71.5 Å². The number of hydrogen-bond acceptors (Lipinski definition) is 31. The number of halogens is 1. The first-order valence-electron chi connectivity index (χ1n) is 39.1. The number of ether oxygens (including phenoxy) is 10. The van der Waals surface area contributed by atoms with Crippen LogP contribution in [0.4, 0.5) is 9.18 Å². The van der Waals surface area contributed by atoms with Crippen LogP contribution in [0.2, 0.25) is 0 Å². The SMILES string of the molecule is NC(=O)OCC(=O)NCCOCCOCCOCCNC(=O)[C@@H]1CSCC(=O)N[C@@H](CCCCNC(=O)COCC(=O)NCCOCCOCCOCCOCCOCCNC(=O)CO/N=C/c2ccc([18F])cc2)C(=O)N[C@@H](CS)C(=O)N[C@@H](CCCN=C(N)N)C(=O)NCC(=O)N[C@@H](CC(=O)O)C(=O)N[C@@H](CS)C(=O)N[C@@H](Cc2ccccc2)C(=O)N1. The zero-order valence-corrected chi connectivity index (χ0v) is 70.7. The number of rotatable bonds is 56. The fraction of sp³-hybridized carbons (Fsp3) is 0.608. The van der Waals surface area contributed by atoms with Gasteiger partial charge in [0.15, 0.2) is 19.2 Å². The third kappa shape index (κ3) is 54.0. The topological polar surface area (TPSA) is 637 Å². The van der Waals surface area contributed by atoms with Crippen molar-refractivity contribution >= 4 is 138 Å². The largest absolute Gasteiger partial charge is 0.481 e. The zero-order chi connectivity index (χ0) is 90.0. The van der Waals surface area contributed by atoms with Crippen LogP contribution in [0.5, 0.6) is 0 Å². The number of aliphatic carboxylic acids is 1. The van der Waals surface area contributed by atoms with Crippen molar-refractivity contribution in [2.75, 3.05) is 201 Å². The number of nitrogens with one attached hydrogen (secondary N) is 13. The van der Waals surface area contributed by atoms with E-state index in [9.17, 15) is 81.4 Å². The van der Waals surface area contributed by atoms with E-state index in [-0.39, 0.29) is 174 Å². The summed E-state index contributed by atoms with van der Waals surface area (Å²) in [6, 6.07) is 3.02. The van der Waals surface area contributed by atoms with Gasteiger partial charge in [-0.25, -0.2) is 9.18 Å². The van der Waals surface area contributed by atoms with E-state index in [0.29, 0.717) is 50.8 Å². The molecular formula is C74H115FN18O27S3. The summed E-state index contributed by atoms with van der Waals surface area (Å²) >= 11 is 9.36. The number of thioether (sulfide) groups is 1. The molecule has 2 aromatic carbocycles. The fourth-order valence-electron chi connectivity index (χ4n) is 10.2.